The molecule has 3 nitrogen and oxygen atoms in total. The number of carbonyl (C=O) groups is 1. The van der Waals surface area contributed by atoms with Crippen LogP contribution in [0.3, 0.4) is 0 Å². The summed E-state index contributed by atoms with van der Waals surface area (Å²) in [6.07, 6.45) is 1.71. The number of carboxylic acids is 1. The maximum Gasteiger partial charge on any atom is 0.338 e. The van der Waals surface area contributed by atoms with Crippen molar-refractivity contribution in [3.63, 3.8) is 0 Å². The van der Waals surface area contributed by atoms with E-state index in [0.29, 0.717) is 5.56 Å². The molecule has 1 fully saturated rings. The van der Waals surface area contributed by atoms with Crippen molar-refractivity contribution >= 4 is 5.97 Å². The number of aromatic carboxylic acids is 1. The van der Waals surface area contributed by atoms with E-state index in [4.69, 9.17) is 5.11 Å². The Hall–Kier alpha value is -2.20. The van der Waals surface area contributed by atoms with Crippen LogP contribution in [0.5, 0.6) is 0 Å². The molecule has 3 rings (SSSR count). The lowest BCUT2D eigenvalue weighted by atomic mass is 9.88. The van der Waals surface area contributed by atoms with E-state index in [0.717, 1.165) is 32.5 Å². The summed E-state index contributed by atoms with van der Waals surface area (Å²) in [6.45, 7) is 2.71. The first-order chi connectivity index (χ1) is 11.1. The highest BCUT2D eigenvalue weighted by Gasteiger charge is 2.25. The van der Waals surface area contributed by atoms with Crippen LogP contribution in [-0.2, 0) is 6.54 Å². The maximum atomic E-state index is 14.4. The number of likely N-dealkylation sites (tertiary alicyclic amines) is 1. The van der Waals surface area contributed by atoms with Crippen molar-refractivity contribution < 1.29 is 14.3 Å². The quantitative estimate of drug-likeness (QED) is 0.930. The van der Waals surface area contributed by atoms with Crippen LogP contribution in [0, 0.1) is 5.82 Å². The number of benzene rings is 2. The van der Waals surface area contributed by atoms with E-state index < -0.39 is 11.8 Å². The van der Waals surface area contributed by atoms with Gasteiger partial charge in [-0.3, -0.25) is 4.90 Å². The Kier molecular flexibility index (Phi) is 4.72. The van der Waals surface area contributed by atoms with Gasteiger partial charge in [0.2, 0.25) is 0 Å². The lowest BCUT2D eigenvalue weighted by Gasteiger charge is -2.32. The second-order valence-corrected chi connectivity index (χ2v) is 6.05. The van der Waals surface area contributed by atoms with Crippen LogP contribution in [0.1, 0.15) is 40.2 Å². The van der Waals surface area contributed by atoms with E-state index in [9.17, 15) is 9.18 Å². The highest BCUT2D eigenvalue weighted by molar-refractivity contribution is 5.88. The Morgan fingerprint density at radius 2 is 1.78 bits per heavy atom. The van der Waals surface area contributed by atoms with Gasteiger partial charge in [0.25, 0.3) is 0 Å². The Morgan fingerprint density at radius 1 is 1.09 bits per heavy atom. The van der Waals surface area contributed by atoms with Crippen LogP contribution in [-0.4, -0.2) is 29.1 Å². The van der Waals surface area contributed by atoms with Gasteiger partial charge in [0.05, 0.1) is 5.56 Å². The number of carboxylic acid groups (broad SMARTS) is 1. The highest BCUT2D eigenvalue weighted by Crippen LogP contribution is 2.31. The molecular formula is C19H20FNO2. The molecule has 2 aromatic rings. The number of rotatable bonds is 4. The molecule has 0 aromatic heterocycles. The van der Waals surface area contributed by atoms with Gasteiger partial charge in [-0.2, -0.15) is 0 Å². The van der Waals surface area contributed by atoms with Gasteiger partial charge < -0.3 is 5.11 Å². The van der Waals surface area contributed by atoms with Crippen molar-refractivity contribution in [2.75, 3.05) is 13.1 Å². The summed E-state index contributed by atoms with van der Waals surface area (Å²) in [7, 11) is 0. The van der Waals surface area contributed by atoms with Crippen LogP contribution >= 0.6 is 0 Å². The van der Waals surface area contributed by atoms with Gasteiger partial charge in [0.1, 0.15) is 5.82 Å². The Labute approximate surface area is 135 Å². The number of nitrogens with zero attached hydrogens (tertiary/aromatic N) is 1. The number of piperidine rings is 1. The second-order valence-electron chi connectivity index (χ2n) is 6.05. The zero-order chi connectivity index (χ0) is 16.2. The first-order valence-electron chi connectivity index (χ1n) is 7.93. The highest BCUT2D eigenvalue weighted by atomic mass is 19.1. The third-order valence-electron chi connectivity index (χ3n) is 4.54. The van der Waals surface area contributed by atoms with E-state index in [1.54, 1.807) is 12.1 Å². The van der Waals surface area contributed by atoms with E-state index in [1.807, 2.05) is 18.2 Å². The fourth-order valence-electron chi connectivity index (χ4n) is 3.27. The first-order valence-corrected chi connectivity index (χ1v) is 7.93. The Morgan fingerprint density at radius 3 is 2.43 bits per heavy atom. The zero-order valence-corrected chi connectivity index (χ0v) is 12.9. The topological polar surface area (TPSA) is 40.5 Å². The second kappa shape index (κ2) is 6.92. The summed E-state index contributed by atoms with van der Waals surface area (Å²) in [5.74, 6) is -1.67. The van der Waals surface area contributed by atoms with Gasteiger partial charge in [-0.15, -0.1) is 0 Å². The monoisotopic (exact) mass is 313 g/mol. The summed E-state index contributed by atoms with van der Waals surface area (Å²) in [5.41, 5.74) is 1.60. The molecule has 1 heterocycles. The normalized spacial score (nSPS) is 16.4. The van der Waals surface area contributed by atoms with Crippen LogP contribution in [0.25, 0.3) is 0 Å². The van der Waals surface area contributed by atoms with Crippen molar-refractivity contribution in [3.8, 4) is 0 Å². The molecule has 0 radical (unpaired) electrons. The van der Waals surface area contributed by atoms with Crippen molar-refractivity contribution in [2.24, 2.45) is 0 Å². The number of hydrogen-bond acceptors (Lipinski definition) is 2. The molecule has 4 heteroatoms. The third-order valence-corrected chi connectivity index (χ3v) is 4.54. The predicted molar refractivity (Wildman–Crippen MR) is 87.1 cm³/mol. The molecule has 0 spiro atoms. The van der Waals surface area contributed by atoms with E-state index in [1.165, 1.54) is 11.6 Å². The van der Waals surface area contributed by atoms with Gasteiger partial charge in [-0.25, -0.2) is 9.18 Å². The minimum atomic E-state index is -1.20. The van der Waals surface area contributed by atoms with Gasteiger partial charge in [-0.05, 0) is 49.0 Å². The van der Waals surface area contributed by atoms with Gasteiger partial charge >= 0.3 is 5.97 Å². The predicted octanol–water partition coefficient (Wildman–Crippen LogP) is 3.90. The number of halogens is 1. The lowest BCUT2D eigenvalue weighted by Crippen LogP contribution is -2.32. The third kappa shape index (κ3) is 3.59. The molecule has 1 aliphatic rings. The molecule has 23 heavy (non-hydrogen) atoms. The zero-order valence-electron chi connectivity index (χ0n) is 12.9. The molecule has 2 aromatic carbocycles. The van der Waals surface area contributed by atoms with Crippen molar-refractivity contribution in [2.45, 2.75) is 25.3 Å². The standard InChI is InChI=1S/C19H20FNO2/c20-18-16(7-4-8-17(18)19(22)23)15-9-11-21(12-10-15)13-14-5-2-1-3-6-14/h1-8,15H,9-13H2,(H,22,23). The summed E-state index contributed by atoms with van der Waals surface area (Å²) >= 11 is 0. The van der Waals surface area contributed by atoms with Crippen LogP contribution < -0.4 is 0 Å². The molecule has 0 saturated carbocycles. The summed E-state index contributed by atoms with van der Waals surface area (Å²) in [6, 6.07) is 15.0. The van der Waals surface area contributed by atoms with Gasteiger partial charge in [0.15, 0.2) is 0 Å². The average Bonchev–Trinajstić information content (AvgIpc) is 2.57. The van der Waals surface area contributed by atoms with E-state index in [-0.39, 0.29) is 11.5 Å². The molecule has 0 amide bonds. The number of hydrogen-bond donors (Lipinski definition) is 1. The molecular weight excluding hydrogens is 293 g/mol. The molecule has 0 bridgehead atoms. The Bertz CT molecular complexity index is 679. The molecule has 0 aliphatic carbocycles. The molecule has 1 N–H and O–H groups in total. The van der Waals surface area contributed by atoms with Gasteiger partial charge in [-0.1, -0.05) is 42.5 Å². The fraction of sp³-hybridized carbons (Fsp3) is 0.316. The lowest BCUT2D eigenvalue weighted by molar-refractivity contribution is 0.0691. The van der Waals surface area contributed by atoms with Crippen LogP contribution in [0.15, 0.2) is 48.5 Å². The smallest absolute Gasteiger partial charge is 0.338 e. The Balaban J connectivity index is 1.65. The minimum absolute atomic E-state index is 0.0984. The SMILES string of the molecule is O=C(O)c1cccc(C2CCN(Cc3ccccc3)CC2)c1F. The van der Waals surface area contributed by atoms with Crippen LogP contribution in [0.4, 0.5) is 4.39 Å². The average molecular weight is 313 g/mol. The maximum absolute atomic E-state index is 14.4. The van der Waals surface area contributed by atoms with Gasteiger partial charge in [0, 0.05) is 6.54 Å². The summed E-state index contributed by atoms with van der Waals surface area (Å²) in [4.78, 5) is 13.4. The molecule has 1 aliphatic heterocycles. The van der Waals surface area contributed by atoms with Crippen molar-refractivity contribution in [1.82, 2.24) is 4.90 Å². The molecule has 120 valence electrons. The van der Waals surface area contributed by atoms with Crippen molar-refractivity contribution in [1.29, 1.82) is 0 Å². The van der Waals surface area contributed by atoms with E-state index >= 15 is 0 Å². The van der Waals surface area contributed by atoms with E-state index in [2.05, 4.69) is 17.0 Å². The largest absolute Gasteiger partial charge is 0.478 e. The minimum Gasteiger partial charge on any atom is -0.478 e. The summed E-state index contributed by atoms with van der Waals surface area (Å²) in [5, 5.41) is 9.05. The summed E-state index contributed by atoms with van der Waals surface area (Å²) < 4.78 is 14.4. The first kappa shape index (κ1) is 15.7. The molecule has 1 saturated heterocycles. The molecule has 0 atom stereocenters. The fourth-order valence-corrected chi connectivity index (χ4v) is 3.27. The van der Waals surface area contributed by atoms with Crippen LogP contribution in [0.2, 0.25) is 0 Å². The van der Waals surface area contributed by atoms with Crippen molar-refractivity contribution in [3.05, 3.63) is 71.0 Å². The molecule has 0 unspecified atom stereocenters.